The van der Waals surface area contributed by atoms with E-state index in [4.69, 9.17) is 27.9 Å². The molecule has 0 aliphatic carbocycles. The first-order chi connectivity index (χ1) is 11.5. The molecule has 0 saturated carbocycles. The van der Waals surface area contributed by atoms with Crippen molar-refractivity contribution in [3.05, 3.63) is 52.5 Å². The van der Waals surface area contributed by atoms with Crippen molar-refractivity contribution < 1.29 is 14.3 Å². The molecule has 0 radical (unpaired) electrons. The van der Waals surface area contributed by atoms with Crippen LogP contribution in [0.1, 0.15) is 6.42 Å². The SMILES string of the molecule is COc1ccc(N2C(=O)C[C@@H](Nc3ccc(Cl)cc3Cl)C2=O)cc1. The van der Waals surface area contributed by atoms with Crippen LogP contribution in [0.4, 0.5) is 11.4 Å². The number of amides is 2. The van der Waals surface area contributed by atoms with Gasteiger partial charge in [-0.3, -0.25) is 9.59 Å². The molecule has 2 aromatic carbocycles. The fourth-order valence-corrected chi connectivity index (χ4v) is 3.00. The Bertz CT molecular complexity index is 793. The number of carbonyl (C=O) groups is 2. The predicted molar refractivity (Wildman–Crippen MR) is 94.0 cm³/mol. The molecule has 3 rings (SSSR count). The minimum Gasteiger partial charge on any atom is -0.497 e. The van der Waals surface area contributed by atoms with Crippen LogP contribution in [0, 0.1) is 0 Å². The summed E-state index contributed by atoms with van der Waals surface area (Å²) in [7, 11) is 1.55. The van der Waals surface area contributed by atoms with E-state index in [0.717, 1.165) is 0 Å². The number of halogens is 2. The third kappa shape index (κ3) is 3.18. The maximum atomic E-state index is 12.6. The molecule has 2 amide bonds. The summed E-state index contributed by atoms with van der Waals surface area (Å²) < 4.78 is 5.08. The molecule has 1 heterocycles. The molecule has 1 N–H and O–H groups in total. The van der Waals surface area contributed by atoms with Crippen LogP contribution in [0.2, 0.25) is 10.0 Å². The van der Waals surface area contributed by atoms with E-state index in [0.29, 0.717) is 27.2 Å². The number of ether oxygens (including phenoxy) is 1. The number of nitrogens with zero attached hydrogens (tertiary/aromatic N) is 1. The lowest BCUT2D eigenvalue weighted by Crippen LogP contribution is -2.34. The van der Waals surface area contributed by atoms with E-state index < -0.39 is 6.04 Å². The Balaban J connectivity index is 1.80. The highest BCUT2D eigenvalue weighted by atomic mass is 35.5. The molecule has 1 atom stereocenters. The molecular weight excluding hydrogens is 351 g/mol. The molecule has 5 nitrogen and oxygen atoms in total. The van der Waals surface area contributed by atoms with Crippen molar-refractivity contribution in [3.8, 4) is 5.75 Å². The van der Waals surface area contributed by atoms with E-state index in [1.165, 1.54) is 4.90 Å². The lowest BCUT2D eigenvalue weighted by molar-refractivity contribution is -0.121. The summed E-state index contributed by atoms with van der Waals surface area (Å²) in [6, 6.07) is 11.0. The first kappa shape index (κ1) is 16.6. The summed E-state index contributed by atoms with van der Waals surface area (Å²) in [4.78, 5) is 26.0. The lowest BCUT2D eigenvalue weighted by atomic mass is 10.2. The zero-order valence-corrected chi connectivity index (χ0v) is 14.3. The monoisotopic (exact) mass is 364 g/mol. The first-order valence-corrected chi connectivity index (χ1v) is 7.97. The predicted octanol–water partition coefficient (Wildman–Crippen LogP) is 3.75. The fraction of sp³-hybridized carbons (Fsp3) is 0.176. The van der Waals surface area contributed by atoms with Gasteiger partial charge in [-0.15, -0.1) is 0 Å². The fourth-order valence-electron chi connectivity index (χ4n) is 2.54. The largest absolute Gasteiger partial charge is 0.497 e. The molecular formula is C17H14Cl2N2O3. The van der Waals surface area contributed by atoms with Gasteiger partial charge >= 0.3 is 0 Å². The average molecular weight is 365 g/mol. The van der Waals surface area contributed by atoms with E-state index >= 15 is 0 Å². The Kier molecular flexibility index (Phi) is 4.64. The second-order valence-corrected chi connectivity index (χ2v) is 6.13. The molecule has 24 heavy (non-hydrogen) atoms. The first-order valence-electron chi connectivity index (χ1n) is 7.22. The van der Waals surface area contributed by atoms with Gasteiger partial charge in [0.15, 0.2) is 0 Å². The van der Waals surface area contributed by atoms with Crippen LogP contribution in [0.25, 0.3) is 0 Å². The smallest absolute Gasteiger partial charge is 0.256 e. The summed E-state index contributed by atoms with van der Waals surface area (Å²) in [6.45, 7) is 0. The normalized spacial score (nSPS) is 17.3. The number of rotatable bonds is 4. The molecule has 124 valence electrons. The number of benzene rings is 2. The van der Waals surface area contributed by atoms with Gasteiger partial charge in [0.2, 0.25) is 5.91 Å². The molecule has 1 fully saturated rings. The van der Waals surface area contributed by atoms with Crippen molar-refractivity contribution in [3.63, 3.8) is 0 Å². The van der Waals surface area contributed by atoms with Gasteiger partial charge in [-0.1, -0.05) is 23.2 Å². The Hall–Kier alpha value is -2.24. The van der Waals surface area contributed by atoms with Gasteiger partial charge in [0.05, 0.1) is 29.9 Å². The average Bonchev–Trinajstić information content (AvgIpc) is 2.84. The number of imide groups is 1. The summed E-state index contributed by atoms with van der Waals surface area (Å²) >= 11 is 12.0. The van der Waals surface area contributed by atoms with Gasteiger partial charge in [0.1, 0.15) is 11.8 Å². The van der Waals surface area contributed by atoms with E-state index in [9.17, 15) is 9.59 Å². The van der Waals surface area contributed by atoms with Crippen LogP contribution in [0.5, 0.6) is 5.75 Å². The number of nitrogens with one attached hydrogen (secondary N) is 1. The minimum absolute atomic E-state index is 0.0593. The van der Waals surface area contributed by atoms with Crippen molar-refractivity contribution in [1.29, 1.82) is 0 Å². The van der Waals surface area contributed by atoms with Crippen molar-refractivity contribution in [1.82, 2.24) is 0 Å². The second-order valence-electron chi connectivity index (χ2n) is 5.29. The van der Waals surface area contributed by atoms with E-state index in [1.807, 2.05) is 0 Å². The van der Waals surface area contributed by atoms with Crippen LogP contribution in [-0.4, -0.2) is 25.0 Å². The molecule has 1 aliphatic heterocycles. The van der Waals surface area contributed by atoms with Gasteiger partial charge in [0, 0.05) is 5.02 Å². The van der Waals surface area contributed by atoms with Crippen LogP contribution >= 0.6 is 23.2 Å². The molecule has 0 unspecified atom stereocenters. The highest BCUT2D eigenvalue weighted by molar-refractivity contribution is 6.36. The van der Waals surface area contributed by atoms with Crippen LogP contribution in [-0.2, 0) is 9.59 Å². The van der Waals surface area contributed by atoms with Crippen LogP contribution in [0.3, 0.4) is 0 Å². The summed E-state index contributed by atoms with van der Waals surface area (Å²) in [6.07, 6.45) is 0.0593. The molecule has 0 spiro atoms. The third-order valence-corrected chi connectivity index (χ3v) is 4.29. The molecule has 0 bridgehead atoms. The Morgan fingerprint density at radius 3 is 2.46 bits per heavy atom. The third-order valence-electron chi connectivity index (χ3n) is 3.74. The molecule has 1 aliphatic rings. The Morgan fingerprint density at radius 1 is 1.12 bits per heavy atom. The lowest BCUT2D eigenvalue weighted by Gasteiger charge is -2.17. The van der Waals surface area contributed by atoms with Gasteiger partial charge in [0.25, 0.3) is 5.91 Å². The Morgan fingerprint density at radius 2 is 1.83 bits per heavy atom. The zero-order chi connectivity index (χ0) is 17.3. The molecule has 2 aromatic rings. The van der Waals surface area contributed by atoms with E-state index in [-0.39, 0.29) is 18.2 Å². The Labute approximate surface area is 149 Å². The van der Waals surface area contributed by atoms with Gasteiger partial charge < -0.3 is 10.1 Å². The van der Waals surface area contributed by atoms with Crippen molar-refractivity contribution in [2.45, 2.75) is 12.5 Å². The van der Waals surface area contributed by atoms with E-state index in [2.05, 4.69) is 5.32 Å². The molecule has 7 heteroatoms. The highest BCUT2D eigenvalue weighted by Crippen LogP contribution is 2.30. The van der Waals surface area contributed by atoms with Crippen molar-refractivity contribution in [2.24, 2.45) is 0 Å². The van der Waals surface area contributed by atoms with Crippen molar-refractivity contribution >= 4 is 46.4 Å². The van der Waals surface area contributed by atoms with Crippen molar-refractivity contribution in [2.75, 3.05) is 17.3 Å². The zero-order valence-electron chi connectivity index (χ0n) is 12.8. The topological polar surface area (TPSA) is 58.6 Å². The highest BCUT2D eigenvalue weighted by Gasteiger charge is 2.39. The molecule has 0 aromatic heterocycles. The standard InChI is InChI=1S/C17H14Cl2N2O3/c1-24-12-5-3-11(4-6-12)21-16(22)9-15(17(21)23)20-14-7-2-10(18)8-13(14)19/h2-8,15,20H,9H2,1H3/t15-/m1/s1. The van der Waals surface area contributed by atoms with Gasteiger partial charge in [-0.05, 0) is 42.5 Å². The number of hydrogen-bond acceptors (Lipinski definition) is 4. The maximum absolute atomic E-state index is 12.6. The number of methoxy groups -OCH3 is 1. The number of carbonyl (C=O) groups excluding carboxylic acids is 2. The van der Waals surface area contributed by atoms with Gasteiger partial charge in [-0.2, -0.15) is 0 Å². The maximum Gasteiger partial charge on any atom is 0.256 e. The minimum atomic E-state index is -0.668. The van der Waals surface area contributed by atoms with Crippen LogP contribution in [0.15, 0.2) is 42.5 Å². The summed E-state index contributed by atoms with van der Waals surface area (Å²) in [5.74, 6) is 0.0596. The second kappa shape index (κ2) is 6.71. The number of anilines is 2. The summed E-state index contributed by atoms with van der Waals surface area (Å²) in [5, 5.41) is 3.90. The van der Waals surface area contributed by atoms with Crippen LogP contribution < -0.4 is 15.0 Å². The molecule has 1 saturated heterocycles. The summed E-state index contributed by atoms with van der Waals surface area (Å²) in [5.41, 5.74) is 1.07. The quantitative estimate of drug-likeness (QED) is 0.839. The van der Waals surface area contributed by atoms with Gasteiger partial charge in [-0.25, -0.2) is 4.90 Å². The number of hydrogen-bond donors (Lipinski definition) is 1. The van der Waals surface area contributed by atoms with E-state index in [1.54, 1.807) is 49.6 Å².